The Hall–Kier alpha value is -11.2. The Bertz CT molecular complexity index is 3870. The van der Waals surface area contributed by atoms with Crippen LogP contribution in [0.1, 0.15) is 0 Å². The molecule has 0 saturated carbocycles. The summed E-state index contributed by atoms with van der Waals surface area (Å²) in [7, 11) is 12.6. The van der Waals surface area contributed by atoms with Gasteiger partial charge in [-0.25, -0.2) is 0 Å². The number of carboxylic acids is 6. The third kappa shape index (κ3) is 53.8. The van der Waals surface area contributed by atoms with Crippen LogP contribution in [0.2, 0.25) is 0 Å². The van der Waals surface area contributed by atoms with Crippen LogP contribution in [0.5, 0.6) is 0 Å². The molecule has 4 fully saturated rings. The molecule has 812 valence electrons. The molecule has 10 N–H and O–H groups in total. The van der Waals surface area contributed by atoms with Crippen LogP contribution in [0, 0.1) is 5.41 Å². The monoisotopic (exact) mass is 2050 g/mol. The van der Waals surface area contributed by atoms with Crippen LogP contribution in [0.4, 0.5) is 0 Å². The first kappa shape index (κ1) is 124. The van der Waals surface area contributed by atoms with E-state index in [2.05, 4.69) is 21.3 Å². The first-order valence-corrected chi connectivity index (χ1v) is 47.1. The van der Waals surface area contributed by atoms with Gasteiger partial charge in [0.15, 0.2) is 0 Å². The number of likely N-dealkylation sites (N-methyl/N-ethyl adjacent to an activating group) is 4. The van der Waals surface area contributed by atoms with E-state index in [0.29, 0.717) is 0 Å². The van der Waals surface area contributed by atoms with E-state index in [0.717, 1.165) is 19.6 Å². The molecule has 143 heavy (non-hydrogen) atoms. The maximum atomic E-state index is 14.8. The molecule has 0 atom stereocenters. The van der Waals surface area contributed by atoms with Crippen LogP contribution in [0.25, 0.3) is 0 Å². The highest BCUT2D eigenvalue weighted by molar-refractivity contribution is 5.89. The van der Waals surface area contributed by atoms with Gasteiger partial charge < -0.3 is 99.9 Å². The van der Waals surface area contributed by atoms with Crippen molar-refractivity contribution in [3.05, 3.63) is 0 Å². The number of methoxy groups -OCH3 is 6. The van der Waals surface area contributed by atoms with Gasteiger partial charge in [0.05, 0.1) is 174 Å². The third-order valence-corrected chi connectivity index (χ3v) is 24.7. The molecule has 8 amide bonds. The van der Waals surface area contributed by atoms with E-state index in [4.69, 9.17) is 28.4 Å². The highest BCUT2D eigenvalue weighted by atomic mass is 16.5. The number of esters is 6. The topological polar surface area (TPSA) is 631 Å². The normalized spacial score (nSPS) is 17.9. The molecule has 4 aliphatic rings. The fourth-order valence-corrected chi connectivity index (χ4v) is 15.7. The van der Waals surface area contributed by atoms with Crippen molar-refractivity contribution in [2.24, 2.45) is 5.41 Å². The highest BCUT2D eigenvalue weighted by Gasteiger charge is 2.37. The lowest BCUT2D eigenvalue weighted by molar-refractivity contribution is -0.144. The number of ether oxygens (including phenoxy) is 6. The van der Waals surface area contributed by atoms with Gasteiger partial charge in [0.2, 0.25) is 47.3 Å². The lowest BCUT2D eigenvalue weighted by Crippen LogP contribution is -2.59. The zero-order valence-electron chi connectivity index (χ0n) is 84.3. The van der Waals surface area contributed by atoms with Crippen molar-refractivity contribution < 1.29 is 155 Å². The van der Waals surface area contributed by atoms with E-state index in [9.17, 15) is 127 Å². The summed E-state index contributed by atoms with van der Waals surface area (Å²) in [6, 6.07) is 0. The zero-order valence-corrected chi connectivity index (χ0v) is 84.3. The molecule has 56 heteroatoms. The molecule has 4 aliphatic heterocycles. The van der Waals surface area contributed by atoms with Gasteiger partial charge in [-0.05, 0) is 0 Å². The van der Waals surface area contributed by atoms with Crippen LogP contribution in [0.15, 0.2) is 0 Å². The molecular formula is C87H152N24O32. The van der Waals surface area contributed by atoms with Crippen molar-refractivity contribution >= 4 is 119 Å². The van der Waals surface area contributed by atoms with Gasteiger partial charge in [-0.15, -0.1) is 0 Å². The minimum atomic E-state index is -1.82. The Morgan fingerprint density at radius 1 is 0.196 bits per heavy atom. The molecule has 0 aliphatic carbocycles. The van der Waals surface area contributed by atoms with Crippen molar-refractivity contribution in [1.29, 1.82) is 0 Å². The van der Waals surface area contributed by atoms with Crippen molar-refractivity contribution in [2.75, 3.05) is 437 Å². The van der Waals surface area contributed by atoms with Gasteiger partial charge in [0, 0.05) is 269 Å². The maximum absolute atomic E-state index is 14.8. The van der Waals surface area contributed by atoms with Gasteiger partial charge in [-0.1, -0.05) is 0 Å². The zero-order chi connectivity index (χ0) is 106. The van der Waals surface area contributed by atoms with Crippen LogP contribution in [-0.2, 0) is 124 Å². The summed E-state index contributed by atoms with van der Waals surface area (Å²) in [5.74, 6) is -16.4. The largest absolute Gasteiger partial charge is 0.480 e. The molecule has 0 aromatic carbocycles. The Kier molecular flexibility index (Phi) is 58.5. The Morgan fingerprint density at radius 3 is 0.406 bits per heavy atom. The third-order valence-electron chi connectivity index (χ3n) is 24.7. The fraction of sp³-hybridized carbons (Fsp3) is 0.770. The number of hydrogen-bond donors (Lipinski definition) is 10. The van der Waals surface area contributed by atoms with Gasteiger partial charge in [-0.3, -0.25) is 174 Å². The van der Waals surface area contributed by atoms with Crippen LogP contribution < -0.4 is 21.3 Å². The lowest BCUT2D eigenvalue weighted by Gasteiger charge is -2.36. The van der Waals surface area contributed by atoms with E-state index in [1.807, 2.05) is 0 Å². The molecule has 56 nitrogen and oxygen atoms in total. The number of nitrogens with one attached hydrogen (secondary N) is 4. The molecule has 0 aromatic heterocycles. The molecular weight excluding hydrogens is 1890 g/mol. The van der Waals surface area contributed by atoms with E-state index in [-0.39, 0.29) is 288 Å². The second-order valence-corrected chi connectivity index (χ2v) is 35.8. The number of hydrogen-bond acceptors (Lipinski definition) is 42. The minimum Gasteiger partial charge on any atom is -0.480 e. The quantitative estimate of drug-likeness (QED) is 0.0200. The van der Waals surface area contributed by atoms with E-state index in [1.165, 1.54) is 70.8 Å². The maximum Gasteiger partial charge on any atom is 0.319 e. The van der Waals surface area contributed by atoms with Crippen molar-refractivity contribution in [1.82, 2.24) is 119 Å². The van der Waals surface area contributed by atoms with Crippen molar-refractivity contribution in [2.45, 2.75) is 0 Å². The second-order valence-electron chi connectivity index (χ2n) is 35.8. The van der Waals surface area contributed by atoms with E-state index < -0.39 is 203 Å². The molecule has 0 unspecified atom stereocenters. The highest BCUT2D eigenvalue weighted by Crippen LogP contribution is 2.17. The van der Waals surface area contributed by atoms with Crippen molar-refractivity contribution in [3.8, 4) is 0 Å². The van der Waals surface area contributed by atoms with Crippen LogP contribution >= 0.6 is 0 Å². The molecule has 0 aromatic rings. The SMILES string of the molecule is COC(=O)CN1CCN(CC(=O)O)CCN(CC(=O)N(C)CC(=O)NCC(CNC(=O)CN(C)C(=O)CN2CCN(CC(=O)O)CCN(CC(=O)O)CCN(CC(=O)OC)CC2)(CNC(=O)CN(C)C(=O)CN2CCN(CC(=O)O)CCN(CC(=O)O)CCN(CC(=O)OC)CC2)CNC(=O)CN(C)C(=O)CN2CCN(CC(=O)O)CCN(CC(=O)OC)CCN(CC(=O)OC)CC2)CCN(CC(=O)OC)CC1. The van der Waals surface area contributed by atoms with Gasteiger partial charge in [0.1, 0.15) is 0 Å². The number of amides is 8. The van der Waals surface area contributed by atoms with Crippen LogP contribution in [0.3, 0.4) is 0 Å². The van der Waals surface area contributed by atoms with Crippen LogP contribution in [-0.4, -0.2) is 685 Å². The predicted molar refractivity (Wildman–Crippen MR) is 506 cm³/mol. The molecule has 0 radical (unpaired) electrons. The van der Waals surface area contributed by atoms with E-state index in [1.54, 1.807) is 78.4 Å². The predicted octanol–water partition coefficient (Wildman–Crippen LogP) is -13.3. The van der Waals surface area contributed by atoms with E-state index >= 15 is 0 Å². The number of nitrogens with zero attached hydrogens (tertiary/aromatic N) is 20. The number of rotatable bonds is 48. The first-order valence-electron chi connectivity index (χ1n) is 47.1. The second kappa shape index (κ2) is 67.4. The molecule has 4 saturated heterocycles. The number of aliphatic carboxylic acids is 6. The summed E-state index contributed by atoms with van der Waals surface area (Å²) in [5, 5.41) is 70.5. The summed E-state index contributed by atoms with van der Waals surface area (Å²) in [6.45, 7) is -6.17. The number of carboxylic acid groups (broad SMARTS) is 6. The van der Waals surface area contributed by atoms with Crippen molar-refractivity contribution in [3.63, 3.8) is 0 Å². The summed E-state index contributed by atoms with van der Waals surface area (Å²) in [4.78, 5) is 297. The smallest absolute Gasteiger partial charge is 0.319 e. The molecule has 4 heterocycles. The first-order chi connectivity index (χ1) is 67.8. The average molecular weight is 2050 g/mol. The fourth-order valence-electron chi connectivity index (χ4n) is 15.7. The number of carbonyl (C=O) groups is 20. The Labute approximate surface area is 832 Å². The lowest BCUT2D eigenvalue weighted by atomic mass is 9.86. The minimum absolute atomic E-state index is 0.0562. The Morgan fingerprint density at radius 2 is 0.301 bits per heavy atom. The van der Waals surface area contributed by atoms with Gasteiger partial charge in [-0.2, -0.15) is 0 Å². The molecule has 0 bridgehead atoms. The standard InChI is InChI=1S/C87H152N24O32/c1-92(71(116)47-96-11-19-100(51-75(120)121)23-25-104(55-79(128)129)29-35-106(31-15-96)57-81(132)138-5)43-67(112)88-63-87(64-89-68(113)44-93(2)72(117)48-97-12-20-101(52-76(122)123)24-26-105(56-80(130)131)30-36-107(32-16-97)58-82(133)139-6,65-90-69(114)45-94(3)73(118)49-98-13-21-102(53-77(124)125)27-37-110(61-85(136)142-9)41-39-108(33-17-98)59-83(134)140-7)66-91-70(115)46-95(4)74(119)50-99-14-22-103(54-78(126)127)28-38-111(62-86(137)143-10)42-40-109(34-18-99)60-84(135)141-8/h11-66H2,1-10H3,(H,88,112)(H,89,113)(H,90,114)(H,91,115)(H,120,121)(H,122,123)(H,124,125)(H,126,127)(H,128,129)(H,130,131). The Balaban J connectivity index is 1.85. The number of carbonyl (C=O) groups excluding carboxylic acids is 14. The summed E-state index contributed by atoms with van der Waals surface area (Å²) < 4.78 is 29.7. The van der Waals surface area contributed by atoms with Gasteiger partial charge >= 0.3 is 71.6 Å². The summed E-state index contributed by atoms with van der Waals surface area (Å²) >= 11 is 0. The summed E-state index contributed by atoms with van der Waals surface area (Å²) in [5.41, 5.74) is -1.82. The molecule has 4 rings (SSSR count). The van der Waals surface area contributed by atoms with Gasteiger partial charge in [0.25, 0.3) is 0 Å². The average Bonchev–Trinajstić information content (AvgIpc) is 0.841. The summed E-state index contributed by atoms with van der Waals surface area (Å²) in [6.07, 6.45) is 0. The molecule has 0 spiro atoms.